The first-order chi connectivity index (χ1) is 50.9. The van der Waals surface area contributed by atoms with Gasteiger partial charge in [0.1, 0.15) is 29.7 Å². The molecule has 0 spiro atoms. The van der Waals surface area contributed by atoms with Crippen LogP contribution in [0.3, 0.4) is 0 Å². The number of hydrogen-bond donors (Lipinski definition) is 13. The summed E-state index contributed by atoms with van der Waals surface area (Å²) in [7, 11) is 0. The second-order valence-electron chi connectivity index (χ2n) is 27.1. The van der Waals surface area contributed by atoms with Gasteiger partial charge < -0.3 is 88.4 Å². The van der Waals surface area contributed by atoms with Gasteiger partial charge in [0.05, 0.1) is 71.2 Å². The molecule has 1 aliphatic heterocycles. The molecule has 9 atom stereocenters. The van der Waals surface area contributed by atoms with Gasteiger partial charge >= 0.3 is 0 Å². The minimum Gasteiger partial charge on any atom is -0.508 e. The maximum absolute atomic E-state index is 15.2. The molecule has 1 saturated carbocycles. The number of aliphatic imine (C=N–C) groups is 1. The lowest BCUT2D eigenvalue weighted by atomic mass is 9.87. The Morgan fingerprint density at radius 1 is 0.708 bits per heavy atom. The van der Waals surface area contributed by atoms with Crippen molar-refractivity contribution in [3.8, 4) is 5.75 Å². The minimum absolute atomic E-state index is 0.000788. The number of fused-ring (bicyclic) bond motifs is 1. The predicted octanol–water partition coefficient (Wildman–Crippen LogP) is 1.38. The number of ketones is 4. The third-order valence-corrected chi connectivity index (χ3v) is 18.4. The van der Waals surface area contributed by atoms with Gasteiger partial charge in [0, 0.05) is 129 Å². The van der Waals surface area contributed by atoms with Crippen LogP contribution in [0.4, 0.5) is 0 Å². The first-order valence-corrected chi connectivity index (χ1v) is 36.1. The molecule has 9 unspecified atom stereocenters. The van der Waals surface area contributed by atoms with Crippen LogP contribution >= 0.6 is 0 Å². The van der Waals surface area contributed by atoms with E-state index >= 15 is 9.59 Å². The lowest BCUT2D eigenvalue weighted by Gasteiger charge is -2.30. The Hall–Kier alpha value is -10.1. The Labute approximate surface area is 614 Å². The van der Waals surface area contributed by atoms with Crippen molar-refractivity contribution in [3.05, 3.63) is 94.5 Å². The number of primary amides is 1. The van der Waals surface area contributed by atoms with Crippen molar-refractivity contribution in [1.82, 2.24) is 51.8 Å². The molecule has 2 aromatic carbocycles. The van der Waals surface area contributed by atoms with Gasteiger partial charge in [0.25, 0.3) is 0 Å². The summed E-state index contributed by atoms with van der Waals surface area (Å²) >= 11 is 0. The van der Waals surface area contributed by atoms with Crippen LogP contribution in [-0.2, 0) is 91.0 Å². The number of rotatable bonds is 51. The van der Waals surface area contributed by atoms with Crippen molar-refractivity contribution in [1.29, 1.82) is 0 Å². The van der Waals surface area contributed by atoms with Crippen molar-refractivity contribution >= 4 is 87.3 Å². The molecule has 16 N–H and O–H groups in total. The third-order valence-electron chi connectivity index (χ3n) is 18.4. The number of nitrogens with zero attached hydrogens (tertiary/aromatic N) is 6. The van der Waals surface area contributed by atoms with Crippen molar-refractivity contribution in [2.24, 2.45) is 56.9 Å². The Morgan fingerprint density at radius 2 is 1.35 bits per heavy atom. The third kappa shape index (κ3) is 29.4. The standard InChI is InChI=1S/C72H103N17O17/c1-44(2)31-47(67(99)85-57(12-7-22-79-72(74)75)71(103)89-24-8-13-60(89)70(102)81-41-64(73)96)35-61(93)56(11-5-6-21-78-65(97)20-25-104-27-29-106-30-28-105-26-23-83-88-76)84-68(100)48(32-45-14-17-52(91)18-15-45)36-63(95)59(42-90)87-69(101)49(33-50-39-80-55-10-4-3-9-54(50)55)37-62(94)58(38-51-40-77-43-82-51)86-66(98)46-16-19-53(92)34-46/h3-4,9-10,14-15,17-18,39-40,43-44,46-49,56-60,80,90-91H,5-8,11-13,16,19-38,41-42H2,1-2H3,(H2,73,96)(H,77,82)(H,78,97)(H,81,102)(H,84,100)(H,85,99)(H,86,98)(H,87,101)(H4,74,75,79). The van der Waals surface area contributed by atoms with E-state index in [1.54, 1.807) is 12.3 Å². The van der Waals surface area contributed by atoms with Gasteiger partial charge in [-0.05, 0) is 111 Å². The second-order valence-corrected chi connectivity index (χ2v) is 27.1. The van der Waals surface area contributed by atoms with E-state index in [4.69, 9.17) is 36.9 Å². The fourth-order valence-electron chi connectivity index (χ4n) is 12.8. The van der Waals surface area contributed by atoms with Crippen LogP contribution in [0.1, 0.15) is 127 Å². The minimum atomic E-state index is -1.66. The van der Waals surface area contributed by atoms with Crippen LogP contribution < -0.4 is 49.1 Å². The number of imidazole rings is 1. The first kappa shape index (κ1) is 84.8. The summed E-state index contributed by atoms with van der Waals surface area (Å²) < 4.78 is 16.3. The van der Waals surface area contributed by atoms with E-state index in [0.29, 0.717) is 36.1 Å². The first-order valence-electron chi connectivity index (χ1n) is 36.1. The van der Waals surface area contributed by atoms with Gasteiger partial charge in [-0.2, -0.15) is 0 Å². The average Bonchev–Trinajstić information content (AvgIpc) is 1.60. The number of nitrogens with one attached hydrogen (secondary N) is 8. The smallest absolute Gasteiger partial charge is 0.245 e. The number of azide groups is 1. The largest absolute Gasteiger partial charge is 0.508 e. The summed E-state index contributed by atoms with van der Waals surface area (Å²) in [5.74, 6) is -12.1. The Morgan fingerprint density at radius 3 is 2.01 bits per heavy atom. The lowest BCUT2D eigenvalue weighted by molar-refractivity contribution is -0.142. The molecule has 578 valence electrons. The summed E-state index contributed by atoms with van der Waals surface area (Å²) in [4.78, 5) is 186. The number of aromatic nitrogens is 3. The number of para-hydroxylation sites is 1. The van der Waals surface area contributed by atoms with Gasteiger partial charge in [0.15, 0.2) is 23.3 Å². The SMILES string of the molecule is CC(C)CC(CC(=O)C(CCCCNC(=O)CCOCCOCCOCCN=[N+]=[N-])NC(=O)C(CC(=O)C(CO)NC(=O)C(CC(=O)C(Cc1cnc[nH]1)NC(=O)C1CCC(=O)C1)Cc1c[nH]c2ccccc12)Cc1ccc(O)cc1)C(=O)NC(CCCN=C(N)N)C(=O)N1CCCC1C(=O)NCC(N)=O. The zero-order valence-electron chi connectivity index (χ0n) is 60.3. The quantitative estimate of drug-likeness (QED) is 0.00741. The summed E-state index contributed by atoms with van der Waals surface area (Å²) in [5.41, 5.74) is 27.2. The molecule has 34 heteroatoms. The number of carbonyl (C=O) groups excluding carboxylic acids is 12. The number of nitrogens with two attached hydrogens (primary N) is 3. The maximum Gasteiger partial charge on any atom is 0.245 e. The van der Waals surface area contributed by atoms with Crippen molar-refractivity contribution in [2.75, 3.05) is 79.0 Å². The van der Waals surface area contributed by atoms with Crippen LogP contribution in [0.2, 0.25) is 0 Å². The number of Topliss-reactive ketones (excluding diaryl/α,β-unsaturated/α-hetero) is 4. The number of hydrogen-bond acceptors (Lipinski definition) is 20. The topological polar surface area (TPSA) is 532 Å². The summed E-state index contributed by atoms with van der Waals surface area (Å²) in [6.07, 6.45) is 4.75. The van der Waals surface area contributed by atoms with Crippen molar-refractivity contribution in [3.63, 3.8) is 0 Å². The van der Waals surface area contributed by atoms with E-state index in [1.807, 2.05) is 32.0 Å². The number of likely N-dealkylation sites (tertiary alicyclic amines) is 1. The number of H-pyrrole nitrogens is 2. The van der Waals surface area contributed by atoms with Crippen molar-refractivity contribution < 1.29 is 82.0 Å². The number of carbonyl (C=O) groups is 12. The fourth-order valence-corrected chi connectivity index (χ4v) is 12.8. The Kier molecular flexibility index (Phi) is 36.2. The van der Waals surface area contributed by atoms with Crippen LogP contribution in [0.5, 0.6) is 5.75 Å². The highest BCUT2D eigenvalue weighted by Crippen LogP contribution is 2.28. The van der Waals surface area contributed by atoms with Crippen LogP contribution in [-0.4, -0.2) is 216 Å². The summed E-state index contributed by atoms with van der Waals surface area (Å²) in [5, 5.41) is 41.9. The van der Waals surface area contributed by atoms with Gasteiger partial charge in [-0.15, -0.1) is 0 Å². The molecule has 106 heavy (non-hydrogen) atoms. The zero-order valence-corrected chi connectivity index (χ0v) is 60.3. The monoisotopic (exact) mass is 1480 g/mol. The van der Waals surface area contributed by atoms with Gasteiger partial charge in [-0.25, -0.2) is 4.98 Å². The molecule has 34 nitrogen and oxygen atoms in total. The normalized spacial score (nSPS) is 16.1. The Balaban J connectivity index is 1.23. The number of aliphatic hydroxyl groups excluding tert-OH is 1. The molecule has 2 fully saturated rings. The number of aromatic amines is 2. The second kappa shape index (κ2) is 45.3. The number of aromatic hydroxyl groups is 1. The number of benzene rings is 2. The molecule has 1 aliphatic carbocycles. The number of unbranched alkanes of at least 4 members (excludes halogenated alkanes) is 1. The van der Waals surface area contributed by atoms with Crippen LogP contribution in [0.15, 0.2) is 77.4 Å². The maximum atomic E-state index is 15.2. The number of ether oxygens (including phenoxy) is 3. The van der Waals surface area contributed by atoms with Crippen LogP contribution in [0, 0.1) is 29.6 Å². The number of phenols is 1. The van der Waals surface area contributed by atoms with E-state index in [2.05, 4.69) is 61.9 Å². The molecule has 2 aliphatic rings. The van der Waals surface area contributed by atoms with E-state index in [-0.39, 0.29) is 172 Å². The van der Waals surface area contributed by atoms with Crippen molar-refractivity contribution in [2.45, 2.75) is 160 Å². The zero-order chi connectivity index (χ0) is 76.9. The number of aliphatic hydroxyl groups is 1. The van der Waals surface area contributed by atoms with E-state index in [0.717, 1.165) is 10.9 Å². The molecule has 6 rings (SSSR count). The molecule has 3 heterocycles. The summed E-state index contributed by atoms with van der Waals surface area (Å²) in [6.45, 7) is 4.16. The number of amides is 8. The van der Waals surface area contributed by atoms with Gasteiger partial charge in [-0.3, -0.25) is 62.5 Å². The van der Waals surface area contributed by atoms with Gasteiger partial charge in [0.2, 0.25) is 47.3 Å². The molecule has 0 radical (unpaired) electrons. The average molecular weight is 1480 g/mol. The number of phenolic OH excluding ortho intramolecular Hbond substituents is 1. The highest BCUT2D eigenvalue weighted by atomic mass is 16.5. The lowest BCUT2D eigenvalue weighted by Crippen LogP contribution is -2.55. The van der Waals surface area contributed by atoms with Gasteiger partial charge in [-0.1, -0.05) is 49.3 Å². The molecule has 0 bridgehead atoms. The molecular formula is C72H103N17O17. The van der Waals surface area contributed by atoms with E-state index in [1.165, 1.54) is 41.7 Å². The molecular weight excluding hydrogens is 1370 g/mol. The Bertz CT molecular complexity index is 3650. The number of guanidine groups is 1. The molecule has 4 aromatic rings. The highest BCUT2D eigenvalue weighted by Gasteiger charge is 2.40. The molecule has 8 amide bonds. The summed E-state index contributed by atoms with van der Waals surface area (Å²) in [6, 6.07) is 6.65. The molecule has 2 aromatic heterocycles. The fraction of sp³-hybridized carbons (Fsp3) is 0.583. The predicted molar refractivity (Wildman–Crippen MR) is 387 cm³/mol. The molecule has 1 saturated heterocycles. The van der Waals surface area contributed by atoms with Crippen LogP contribution in [0.25, 0.3) is 21.3 Å². The highest BCUT2D eigenvalue weighted by molar-refractivity contribution is 5.99. The van der Waals surface area contributed by atoms with E-state index < -0.39 is 145 Å². The van der Waals surface area contributed by atoms with E-state index in [9.17, 15) is 58.2 Å².